The second-order valence-electron chi connectivity index (χ2n) is 10.2. The summed E-state index contributed by atoms with van der Waals surface area (Å²) in [5.41, 5.74) is 1.60. The molecule has 0 amide bonds. The quantitative estimate of drug-likeness (QED) is 0.305. The van der Waals surface area contributed by atoms with E-state index in [9.17, 15) is 23.1 Å². The van der Waals surface area contributed by atoms with Crippen LogP contribution in [0, 0.1) is 0 Å². The molecule has 11 heteroatoms. The summed E-state index contributed by atoms with van der Waals surface area (Å²) < 4.78 is 42.8. The number of unbranched alkanes of at least 4 members (excludes halogenated alkanes) is 2. The van der Waals surface area contributed by atoms with Gasteiger partial charge in [0, 0.05) is 41.6 Å². The molecule has 0 saturated carbocycles. The Bertz CT molecular complexity index is 1350. The molecule has 1 saturated heterocycles. The van der Waals surface area contributed by atoms with Gasteiger partial charge in [0.15, 0.2) is 6.10 Å². The molecule has 3 heterocycles. The molecule has 3 atom stereocenters. The molecule has 2 N–H and O–H groups in total. The zero-order valence-electron chi connectivity index (χ0n) is 22.2. The third kappa shape index (κ3) is 6.44. The normalized spacial score (nSPS) is 17.8. The first kappa shape index (κ1) is 29.0. The van der Waals surface area contributed by atoms with Crippen molar-refractivity contribution < 1.29 is 18.3 Å². The van der Waals surface area contributed by atoms with Crippen LogP contribution in [0.4, 0.5) is 19.0 Å². The number of aliphatic hydroxyl groups excluding tert-OH is 1. The fourth-order valence-electron chi connectivity index (χ4n) is 5.13. The van der Waals surface area contributed by atoms with Gasteiger partial charge in [0.2, 0.25) is 5.78 Å². The second kappa shape index (κ2) is 12.0. The first-order valence-electron chi connectivity index (χ1n) is 13.4. The highest BCUT2D eigenvalue weighted by Crippen LogP contribution is 2.30. The number of hydrogen-bond donors (Lipinski definition) is 2. The first-order valence-corrected chi connectivity index (χ1v) is 13.7. The molecule has 0 bridgehead atoms. The number of hydrogen-bond acceptors (Lipinski definition) is 5. The molecule has 39 heavy (non-hydrogen) atoms. The van der Waals surface area contributed by atoms with Crippen LogP contribution in [0.2, 0.25) is 5.02 Å². The van der Waals surface area contributed by atoms with Gasteiger partial charge in [0.1, 0.15) is 5.82 Å². The molecular formula is C28H35ClF3N5O2. The number of fused-ring (bicyclic) bond motifs is 1. The molecule has 3 unspecified atom stereocenters. The van der Waals surface area contributed by atoms with Crippen molar-refractivity contribution in [2.45, 2.75) is 83.3 Å². The summed E-state index contributed by atoms with van der Waals surface area (Å²) >= 11 is 6.05. The highest BCUT2D eigenvalue weighted by atomic mass is 35.5. The summed E-state index contributed by atoms with van der Waals surface area (Å²) in [6, 6.07) is 7.19. The van der Waals surface area contributed by atoms with Crippen LogP contribution < -0.4 is 15.8 Å². The van der Waals surface area contributed by atoms with E-state index in [0.717, 1.165) is 37.7 Å². The highest BCUT2D eigenvalue weighted by molar-refractivity contribution is 6.30. The van der Waals surface area contributed by atoms with E-state index in [1.54, 1.807) is 24.4 Å². The number of aryl methyl sites for hydroxylation is 1. The topological polar surface area (TPSA) is 74.8 Å². The van der Waals surface area contributed by atoms with Gasteiger partial charge in [-0.25, -0.2) is 4.98 Å². The summed E-state index contributed by atoms with van der Waals surface area (Å²) in [4.78, 5) is 20.2. The Morgan fingerprint density at radius 2 is 1.97 bits per heavy atom. The van der Waals surface area contributed by atoms with Crippen molar-refractivity contribution in [3.05, 3.63) is 64.2 Å². The molecule has 7 nitrogen and oxygen atoms in total. The molecule has 212 valence electrons. The molecule has 1 aromatic carbocycles. The van der Waals surface area contributed by atoms with Crippen molar-refractivity contribution in [3.63, 3.8) is 0 Å². The third-order valence-corrected chi connectivity index (χ3v) is 7.49. The number of benzene rings is 1. The zero-order valence-corrected chi connectivity index (χ0v) is 23.0. The molecule has 3 aromatic rings. The van der Waals surface area contributed by atoms with Crippen LogP contribution in [-0.4, -0.2) is 50.0 Å². The third-order valence-electron chi connectivity index (χ3n) is 7.24. The number of halogens is 4. The van der Waals surface area contributed by atoms with Gasteiger partial charge in [-0.2, -0.15) is 13.2 Å². The van der Waals surface area contributed by atoms with Crippen molar-refractivity contribution in [3.8, 4) is 11.3 Å². The molecule has 1 aliphatic rings. The minimum Gasteiger partial charge on any atom is -0.382 e. The van der Waals surface area contributed by atoms with E-state index in [-0.39, 0.29) is 11.6 Å². The summed E-state index contributed by atoms with van der Waals surface area (Å²) in [7, 11) is 0. The lowest BCUT2D eigenvalue weighted by Crippen LogP contribution is -2.51. The Kier molecular flexibility index (Phi) is 8.96. The summed E-state index contributed by atoms with van der Waals surface area (Å²) in [6.07, 6.45) is -0.284. The second-order valence-corrected chi connectivity index (χ2v) is 10.6. The monoisotopic (exact) mass is 565 g/mol. The van der Waals surface area contributed by atoms with Crippen molar-refractivity contribution in [2.75, 3.05) is 11.4 Å². The average molecular weight is 566 g/mol. The summed E-state index contributed by atoms with van der Waals surface area (Å²) in [5, 5.41) is 13.1. The lowest BCUT2D eigenvalue weighted by Gasteiger charge is -2.40. The molecule has 4 rings (SSSR count). The predicted molar refractivity (Wildman–Crippen MR) is 148 cm³/mol. The van der Waals surface area contributed by atoms with Gasteiger partial charge in [-0.3, -0.25) is 13.8 Å². The van der Waals surface area contributed by atoms with Gasteiger partial charge < -0.3 is 15.3 Å². The number of aromatic nitrogens is 3. The maximum atomic E-state index is 13.3. The van der Waals surface area contributed by atoms with Crippen LogP contribution in [-0.2, 0) is 6.54 Å². The molecule has 0 spiro atoms. The van der Waals surface area contributed by atoms with E-state index in [1.165, 1.54) is 11.3 Å². The lowest BCUT2D eigenvalue weighted by molar-refractivity contribution is -0.210. The number of alkyl halides is 3. The number of nitrogens with zero attached hydrogens (tertiary/aromatic N) is 4. The Labute approximate surface area is 230 Å². The number of rotatable bonds is 10. The van der Waals surface area contributed by atoms with E-state index in [0.29, 0.717) is 47.5 Å². The first-order chi connectivity index (χ1) is 18.5. The smallest absolute Gasteiger partial charge is 0.382 e. The van der Waals surface area contributed by atoms with Gasteiger partial charge in [-0.05, 0) is 44.7 Å². The molecular weight excluding hydrogens is 531 g/mol. The van der Waals surface area contributed by atoms with Gasteiger partial charge in [-0.1, -0.05) is 50.1 Å². The van der Waals surface area contributed by atoms with Crippen LogP contribution in [0.25, 0.3) is 17.0 Å². The standard InChI is InChI=1S/C28H35ClF3N5O2/c1-4-5-7-15-36-24(16-25(38)37-17-22(34-27(36)37)20-10-12-21(29)13-11-20)35-14-8-6-9-23(35)18(2)33-19(3)26(39)28(30,31)32/h10-13,16-17,19,23,26,33,39H,2,4-9,14-15H2,1,3H3. The Morgan fingerprint density at radius 3 is 2.64 bits per heavy atom. The summed E-state index contributed by atoms with van der Waals surface area (Å²) in [6.45, 7) is 8.68. The largest absolute Gasteiger partial charge is 0.416 e. The van der Waals surface area contributed by atoms with E-state index in [1.807, 2.05) is 21.6 Å². The van der Waals surface area contributed by atoms with Crippen molar-refractivity contribution in [2.24, 2.45) is 0 Å². The van der Waals surface area contributed by atoms with Gasteiger partial charge in [-0.15, -0.1) is 0 Å². The van der Waals surface area contributed by atoms with E-state index in [2.05, 4.69) is 18.8 Å². The van der Waals surface area contributed by atoms with E-state index in [4.69, 9.17) is 16.6 Å². The van der Waals surface area contributed by atoms with Gasteiger partial charge in [0.05, 0.1) is 17.8 Å². The molecule has 0 aliphatic carbocycles. The van der Waals surface area contributed by atoms with Crippen LogP contribution in [0.5, 0.6) is 0 Å². The van der Waals surface area contributed by atoms with Crippen LogP contribution >= 0.6 is 11.6 Å². The molecule has 2 aromatic heterocycles. The molecule has 1 aliphatic heterocycles. The number of piperidine rings is 1. The van der Waals surface area contributed by atoms with Gasteiger partial charge in [0.25, 0.3) is 5.56 Å². The number of aliphatic hydroxyl groups is 1. The molecule has 1 fully saturated rings. The number of anilines is 1. The van der Waals surface area contributed by atoms with Crippen molar-refractivity contribution in [1.29, 1.82) is 0 Å². The van der Waals surface area contributed by atoms with Crippen LogP contribution in [0.3, 0.4) is 0 Å². The maximum Gasteiger partial charge on any atom is 0.416 e. The van der Waals surface area contributed by atoms with Crippen LogP contribution in [0.1, 0.15) is 52.4 Å². The predicted octanol–water partition coefficient (Wildman–Crippen LogP) is 5.78. The number of imidazole rings is 1. The van der Waals surface area contributed by atoms with Crippen LogP contribution in [0.15, 0.2) is 53.6 Å². The Morgan fingerprint density at radius 1 is 1.26 bits per heavy atom. The minimum absolute atomic E-state index is 0.247. The highest BCUT2D eigenvalue weighted by Gasteiger charge is 2.42. The SMILES string of the molecule is C=C(NC(C)C(O)C(F)(F)F)C1CCCCN1c1cc(=O)n2cc(-c3ccc(Cl)cc3)nc2n1CCCCC. The minimum atomic E-state index is -4.74. The molecule has 0 radical (unpaired) electrons. The van der Waals surface area contributed by atoms with E-state index < -0.39 is 18.3 Å². The maximum absolute atomic E-state index is 13.3. The van der Waals surface area contributed by atoms with Crippen molar-refractivity contribution in [1.82, 2.24) is 19.3 Å². The van der Waals surface area contributed by atoms with Gasteiger partial charge >= 0.3 is 6.18 Å². The Hall–Kier alpha value is -2.98. The average Bonchev–Trinajstić information content (AvgIpc) is 3.35. The Balaban J connectivity index is 1.74. The zero-order chi connectivity index (χ0) is 28.3. The lowest BCUT2D eigenvalue weighted by atomic mass is 9.98. The number of nitrogens with one attached hydrogen (secondary N) is 1. The van der Waals surface area contributed by atoms with E-state index >= 15 is 0 Å². The fourth-order valence-corrected chi connectivity index (χ4v) is 5.26. The van der Waals surface area contributed by atoms with Crippen molar-refractivity contribution >= 4 is 23.2 Å². The fraction of sp³-hybridized carbons (Fsp3) is 0.500. The summed E-state index contributed by atoms with van der Waals surface area (Å²) in [5.74, 6) is 1.16.